The Kier molecular flexibility index (Phi) is 6.29. The molecule has 0 spiro atoms. The first-order chi connectivity index (χ1) is 14.5. The molecule has 0 radical (unpaired) electrons. The van der Waals surface area contributed by atoms with E-state index < -0.39 is 0 Å². The molecule has 30 heavy (non-hydrogen) atoms. The van der Waals surface area contributed by atoms with Gasteiger partial charge in [-0.1, -0.05) is 47.6 Å². The molecule has 0 saturated heterocycles. The summed E-state index contributed by atoms with van der Waals surface area (Å²) in [6, 6.07) is 11.2. The number of halogens is 1. The van der Waals surface area contributed by atoms with E-state index in [0.29, 0.717) is 20.4 Å². The van der Waals surface area contributed by atoms with Gasteiger partial charge >= 0.3 is 0 Å². The molecule has 4 rings (SSSR count). The lowest BCUT2D eigenvalue weighted by Crippen LogP contribution is -2.29. The Labute approximate surface area is 190 Å². The number of aromatic nitrogens is 2. The fraction of sp³-hybridized carbons (Fsp3) is 0.190. The fourth-order valence-corrected chi connectivity index (χ4v) is 6.00. The lowest BCUT2D eigenvalue weighted by Gasteiger charge is -2.15. The topological polar surface area (TPSA) is 64.0 Å². The molecule has 1 unspecified atom stereocenters. The van der Waals surface area contributed by atoms with E-state index in [1.54, 1.807) is 24.5 Å². The molecule has 0 aliphatic heterocycles. The Morgan fingerprint density at radius 2 is 2.07 bits per heavy atom. The maximum absolute atomic E-state index is 13.0. The van der Waals surface area contributed by atoms with Gasteiger partial charge in [0, 0.05) is 27.9 Å². The van der Waals surface area contributed by atoms with Crippen LogP contribution in [0, 0.1) is 0 Å². The summed E-state index contributed by atoms with van der Waals surface area (Å²) in [5.41, 5.74) is 1.68. The predicted molar refractivity (Wildman–Crippen MR) is 127 cm³/mol. The summed E-state index contributed by atoms with van der Waals surface area (Å²) in [6.07, 6.45) is 0. The monoisotopic (exact) mass is 475 g/mol. The molecular formula is C21H18ClN3O2S3. The number of carbonyl (C=O) groups excluding carboxylic acids is 1. The summed E-state index contributed by atoms with van der Waals surface area (Å²) in [4.78, 5) is 31.8. The third-order valence-electron chi connectivity index (χ3n) is 4.64. The van der Waals surface area contributed by atoms with Crippen LogP contribution in [0.5, 0.6) is 0 Å². The van der Waals surface area contributed by atoms with Crippen molar-refractivity contribution in [2.75, 3.05) is 5.75 Å². The summed E-state index contributed by atoms with van der Waals surface area (Å²) in [6.45, 7) is 1.89. The average molecular weight is 476 g/mol. The van der Waals surface area contributed by atoms with Crippen molar-refractivity contribution < 1.29 is 4.79 Å². The van der Waals surface area contributed by atoms with Gasteiger partial charge in [-0.15, -0.1) is 22.7 Å². The number of fused-ring (bicyclic) bond motifs is 1. The van der Waals surface area contributed by atoms with Gasteiger partial charge in [0.25, 0.3) is 5.56 Å². The third-order valence-corrected chi connectivity index (χ3v) is 7.79. The quantitative estimate of drug-likeness (QED) is 0.301. The normalized spacial score (nSPS) is 12.2. The molecule has 9 heteroatoms. The van der Waals surface area contributed by atoms with Crippen molar-refractivity contribution in [3.8, 4) is 10.4 Å². The molecule has 1 amide bonds. The lowest BCUT2D eigenvalue weighted by molar-refractivity contribution is -0.119. The molecule has 0 aliphatic carbocycles. The van der Waals surface area contributed by atoms with E-state index in [2.05, 4.69) is 10.3 Å². The molecule has 1 atom stereocenters. The highest BCUT2D eigenvalue weighted by Gasteiger charge is 2.18. The first kappa shape index (κ1) is 21.1. The summed E-state index contributed by atoms with van der Waals surface area (Å²) in [7, 11) is 1.69. The Hall–Kier alpha value is -2.13. The van der Waals surface area contributed by atoms with Crippen LogP contribution in [0.3, 0.4) is 0 Å². The number of rotatable bonds is 6. The Balaban J connectivity index is 1.50. The minimum atomic E-state index is -0.211. The highest BCUT2D eigenvalue weighted by atomic mass is 35.5. The zero-order chi connectivity index (χ0) is 21.3. The van der Waals surface area contributed by atoms with Gasteiger partial charge in [-0.25, -0.2) is 4.98 Å². The van der Waals surface area contributed by atoms with Crippen molar-refractivity contribution in [1.29, 1.82) is 0 Å². The number of nitrogens with zero attached hydrogens (tertiary/aromatic N) is 2. The fourth-order valence-electron chi connectivity index (χ4n) is 3.11. The number of benzene rings is 1. The SMILES string of the molecule is CC(NC(=O)CSc1nc2scc(-c3cccs3)c2c(=O)n1C)c1ccccc1Cl. The maximum Gasteiger partial charge on any atom is 0.263 e. The standard InChI is InChI=1S/C21H18ClN3O2S3/c1-12(13-6-3-4-7-15(13)22)23-17(26)11-30-21-24-19-18(20(27)25(21)2)14(10-29-19)16-8-5-9-28-16/h3-10,12H,11H2,1-2H3,(H,23,26). The molecule has 4 aromatic rings. The van der Waals surface area contributed by atoms with Gasteiger partial charge in [0.05, 0.1) is 17.2 Å². The number of thioether (sulfide) groups is 1. The summed E-state index contributed by atoms with van der Waals surface area (Å²) in [5.74, 6) is 0.0104. The Morgan fingerprint density at radius 1 is 1.27 bits per heavy atom. The number of nitrogens with one attached hydrogen (secondary N) is 1. The number of amides is 1. The summed E-state index contributed by atoms with van der Waals surface area (Å²) < 4.78 is 1.52. The van der Waals surface area contributed by atoms with E-state index >= 15 is 0 Å². The maximum atomic E-state index is 13.0. The first-order valence-corrected chi connectivity index (χ1v) is 12.3. The van der Waals surface area contributed by atoms with Gasteiger partial charge in [0.1, 0.15) is 4.83 Å². The third kappa shape index (κ3) is 4.18. The van der Waals surface area contributed by atoms with Crippen molar-refractivity contribution in [2.45, 2.75) is 18.1 Å². The first-order valence-electron chi connectivity index (χ1n) is 9.14. The van der Waals surface area contributed by atoms with Crippen LogP contribution in [0.25, 0.3) is 20.7 Å². The average Bonchev–Trinajstić information content (AvgIpc) is 3.39. The van der Waals surface area contributed by atoms with E-state index in [-0.39, 0.29) is 23.3 Å². The van der Waals surface area contributed by atoms with Crippen LogP contribution < -0.4 is 10.9 Å². The van der Waals surface area contributed by atoms with Crippen molar-refractivity contribution in [3.63, 3.8) is 0 Å². The second-order valence-electron chi connectivity index (χ2n) is 6.66. The van der Waals surface area contributed by atoms with Gasteiger partial charge in [-0.3, -0.25) is 14.2 Å². The summed E-state index contributed by atoms with van der Waals surface area (Å²) in [5, 5.41) is 8.67. The van der Waals surface area contributed by atoms with E-state index in [1.165, 1.54) is 27.7 Å². The smallest absolute Gasteiger partial charge is 0.263 e. The van der Waals surface area contributed by atoms with Gasteiger partial charge in [-0.05, 0) is 30.0 Å². The van der Waals surface area contributed by atoms with E-state index in [4.69, 9.17) is 11.6 Å². The molecule has 5 nitrogen and oxygen atoms in total. The molecule has 0 aliphatic rings. The van der Waals surface area contributed by atoms with E-state index in [0.717, 1.165) is 16.0 Å². The highest BCUT2D eigenvalue weighted by molar-refractivity contribution is 7.99. The second-order valence-corrected chi connectivity index (χ2v) is 9.82. The molecule has 0 fully saturated rings. The van der Waals surface area contributed by atoms with Crippen molar-refractivity contribution in [1.82, 2.24) is 14.9 Å². The van der Waals surface area contributed by atoms with Crippen LogP contribution in [0.1, 0.15) is 18.5 Å². The number of hydrogen-bond acceptors (Lipinski definition) is 6. The van der Waals surface area contributed by atoms with E-state index in [1.807, 2.05) is 48.0 Å². The van der Waals surface area contributed by atoms with Crippen LogP contribution >= 0.6 is 46.0 Å². The number of thiophene rings is 2. The summed E-state index contributed by atoms with van der Waals surface area (Å²) >= 11 is 10.5. The van der Waals surface area contributed by atoms with Crippen LogP contribution in [0.4, 0.5) is 0 Å². The van der Waals surface area contributed by atoms with Gasteiger partial charge in [0.2, 0.25) is 5.91 Å². The molecule has 0 saturated carbocycles. The Bertz CT molecular complexity index is 1260. The molecule has 1 N–H and O–H groups in total. The van der Waals surface area contributed by atoms with Crippen molar-refractivity contribution in [3.05, 3.63) is 68.1 Å². The minimum Gasteiger partial charge on any atom is -0.349 e. The number of hydrogen-bond donors (Lipinski definition) is 1. The minimum absolute atomic E-state index is 0.100. The van der Waals surface area contributed by atoms with Crippen molar-refractivity contribution in [2.24, 2.45) is 7.05 Å². The van der Waals surface area contributed by atoms with Crippen LogP contribution in [0.2, 0.25) is 5.02 Å². The highest BCUT2D eigenvalue weighted by Crippen LogP contribution is 2.34. The molecule has 0 bridgehead atoms. The van der Waals surface area contributed by atoms with Gasteiger partial charge in [0.15, 0.2) is 5.16 Å². The Morgan fingerprint density at radius 3 is 2.80 bits per heavy atom. The predicted octanol–water partition coefficient (Wildman–Crippen LogP) is 5.35. The molecule has 3 heterocycles. The zero-order valence-electron chi connectivity index (χ0n) is 16.2. The second kappa shape index (κ2) is 8.93. The largest absolute Gasteiger partial charge is 0.349 e. The molecule has 154 valence electrons. The van der Waals surface area contributed by atoms with Crippen LogP contribution in [-0.4, -0.2) is 21.2 Å². The van der Waals surface area contributed by atoms with Crippen LogP contribution in [0.15, 0.2) is 57.1 Å². The van der Waals surface area contributed by atoms with Crippen LogP contribution in [-0.2, 0) is 11.8 Å². The molecule has 1 aromatic carbocycles. The molecular weight excluding hydrogens is 458 g/mol. The van der Waals surface area contributed by atoms with Gasteiger partial charge < -0.3 is 5.32 Å². The van der Waals surface area contributed by atoms with Gasteiger partial charge in [-0.2, -0.15) is 0 Å². The molecule has 3 aromatic heterocycles. The lowest BCUT2D eigenvalue weighted by atomic mass is 10.1. The zero-order valence-corrected chi connectivity index (χ0v) is 19.4. The number of carbonyl (C=O) groups is 1. The van der Waals surface area contributed by atoms with E-state index in [9.17, 15) is 9.59 Å². The van der Waals surface area contributed by atoms with Crippen molar-refractivity contribution >= 4 is 62.2 Å².